The number of esters is 2. The molecule has 0 saturated heterocycles. The zero-order chi connectivity index (χ0) is 14.8. The smallest absolute Gasteiger partial charge is 0.334 e. The van der Waals surface area contributed by atoms with E-state index >= 15 is 0 Å². The predicted molar refractivity (Wildman–Crippen MR) is 74.7 cm³/mol. The monoisotopic (exact) mass is 270 g/mol. The molecule has 110 valence electrons. The molecule has 0 aromatic rings. The van der Waals surface area contributed by atoms with Crippen molar-refractivity contribution in [3.63, 3.8) is 0 Å². The normalized spacial score (nSPS) is 12.1. The molecule has 0 aliphatic heterocycles. The lowest BCUT2D eigenvalue weighted by atomic mass is 9.94. The molecule has 0 fully saturated rings. The Morgan fingerprint density at radius 2 is 1.47 bits per heavy atom. The molecule has 0 saturated carbocycles. The highest BCUT2D eigenvalue weighted by Gasteiger charge is 2.24. The molecule has 0 unspecified atom stereocenters. The average Bonchev–Trinajstić information content (AvgIpc) is 2.34. The zero-order valence-corrected chi connectivity index (χ0v) is 12.7. The number of rotatable bonds is 8. The van der Waals surface area contributed by atoms with Crippen LogP contribution in [-0.2, 0) is 19.1 Å². The van der Waals surface area contributed by atoms with Crippen LogP contribution < -0.4 is 0 Å². The van der Waals surface area contributed by atoms with Gasteiger partial charge >= 0.3 is 11.9 Å². The second kappa shape index (κ2) is 9.59. The largest absolute Gasteiger partial charge is 0.463 e. The summed E-state index contributed by atoms with van der Waals surface area (Å²) in [6.45, 7) is 9.94. The van der Waals surface area contributed by atoms with E-state index in [1.165, 1.54) is 0 Å². The van der Waals surface area contributed by atoms with Gasteiger partial charge in [-0.25, -0.2) is 9.59 Å². The molecular weight excluding hydrogens is 244 g/mol. The lowest BCUT2D eigenvalue weighted by Crippen LogP contribution is -2.20. The molecule has 0 amide bonds. The molecule has 0 aliphatic carbocycles. The molecule has 0 radical (unpaired) electrons. The Bertz CT molecular complexity index is 329. The van der Waals surface area contributed by atoms with Crippen LogP contribution in [0.2, 0.25) is 0 Å². The Kier molecular flexibility index (Phi) is 8.92. The second-order valence-corrected chi connectivity index (χ2v) is 4.59. The fourth-order valence-corrected chi connectivity index (χ4v) is 1.83. The minimum absolute atomic E-state index is 0.0599. The van der Waals surface area contributed by atoms with Gasteiger partial charge in [0.25, 0.3) is 0 Å². The minimum Gasteiger partial charge on any atom is -0.463 e. The molecule has 0 atom stereocenters. The Hall–Kier alpha value is -1.32. The van der Waals surface area contributed by atoms with E-state index in [-0.39, 0.29) is 5.92 Å². The van der Waals surface area contributed by atoms with Gasteiger partial charge in [-0.3, -0.25) is 0 Å². The fraction of sp³-hybridized carbons (Fsp3) is 0.733. The van der Waals surface area contributed by atoms with Gasteiger partial charge in [0.1, 0.15) is 0 Å². The molecule has 0 heterocycles. The highest BCUT2D eigenvalue weighted by atomic mass is 16.5. The molecule has 0 aliphatic rings. The van der Waals surface area contributed by atoms with Crippen LogP contribution in [0.3, 0.4) is 0 Å². The van der Waals surface area contributed by atoms with Crippen LogP contribution in [0.5, 0.6) is 0 Å². The van der Waals surface area contributed by atoms with Gasteiger partial charge in [0.05, 0.1) is 18.8 Å². The summed E-state index contributed by atoms with van der Waals surface area (Å²) < 4.78 is 10.1. The van der Waals surface area contributed by atoms with Crippen molar-refractivity contribution >= 4 is 11.9 Å². The van der Waals surface area contributed by atoms with Crippen LogP contribution in [-0.4, -0.2) is 25.2 Å². The van der Waals surface area contributed by atoms with Crippen molar-refractivity contribution < 1.29 is 19.1 Å². The third-order valence-corrected chi connectivity index (χ3v) is 2.70. The maximum absolute atomic E-state index is 12.0. The Morgan fingerprint density at radius 3 is 1.89 bits per heavy atom. The third-order valence-electron chi connectivity index (χ3n) is 2.70. The number of hydrogen-bond donors (Lipinski definition) is 0. The molecule has 0 rings (SSSR count). The fourth-order valence-electron chi connectivity index (χ4n) is 1.83. The van der Waals surface area contributed by atoms with Crippen LogP contribution in [0.25, 0.3) is 0 Å². The number of ether oxygens (including phenoxy) is 2. The zero-order valence-electron chi connectivity index (χ0n) is 12.7. The van der Waals surface area contributed by atoms with Gasteiger partial charge in [-0.05, 0) is 32.6 Å². The van der Waals surface area contributed by atoms with Crippen molar-refractivity contribution in [2.45, 2.75) is 53.9 Å². The number of hydrogen-bond acceptors (Lipinski definition) is 4. The van der Waals surface area contributed by atoms with E-state index in [0.29, 0.717) is 30.8 Å². The van der Waals surface area contributed by atoms with Gasteiger partial charge in [-0.15, -0.1) is 0 Å². The van der Waals surface area contributed by atoms with E-state index < -0.39 is 11.9 Å². The first-order valence-electron chi connectivity index (χ1n) is 7.06. The number of unbranched alkanes of at least 4 members (excludes halogenated alkanes) is 1. The van der Waals surface area contributed by atoms with Crippen LogP contribution in [0.1, 0.15) is 53.9 Å². The van der Waals surface area contributed by atoms with Crippen molar-refractivity contribution in [2.75, 3.05) is 13.2 Å². The summed E-state index contributed by atoms with van der Waals surface area (Å²) >= 11 is 0. The maximum atomic E-state index is 12.0. The molecule has 4 nitrogen and oxygen atoms in total. The summed E-state index contributed by atoms with van der Waals surface area (Å²) in [5, 5.41) is 0. The average molecular weight is 270 g/mol. The first-order chi connectivity index (χ1) is 8.99. The van der Waals surface area contributed by atoms with Crippen molar-refractivity contribution in [1.82, 2.24) is 0 Å². The number of carbonyl (C=O) groups is 2. The van der Waals surface area contributed by atoms with Crippen molar-refractivity contribution in [3.05, 3.63) is 11.1 Å². The molecule has 0 aromatic carbocycles. The quantitative estimate of drug-likeness (QED) is 0.502. The van der Waals surface area contributed by atoms with E-state index in [9.17, 15) is 9.59 Å². The third kappa shape index (κ3) is 5.90. The van der Waals surface area contributed by atoms with Crippen molar-refractivity contribution in [2.24, 2.45) is 5.92 Å². The summed E-state index contributed by atoms with van der Waals surface area (Å²) in [7, 11) is 0. The highest BCUT2D eigenvalue weighted by Crippen LogP contribution is 2.22. The van der Waals surface area contributed by atoms with E-state index in [2.05, 4.69) is 0 Å². The first kappa shape index (κ1) is 17.7. The summed E-state index contributed by atoms with van der Waals surface area (Å²) in [5.74, 6) is -0.861. The van der Waals surface area contributed by atoms with Crippen LogP contribution in [0.4, 0.5) is 0 Å². The molecule has 0 spiro atoms. The van der Waals surface area contributed by atoms with Gasteiger partial charge < -0.3 is 9.47 Å². The molecule has 0 aromatic heterocycles. The Morgan fingerprint density at radius 1 is 0.947 bits per heavy atom. The molecule has 0 bridgehead atoms. The summed E-state index contributed by atoms with van der Waals surface area (Å²) in [6, 6.07) is 0. The number of carbonyl (C=O) groups excluding carboxylic acids is 2. The molecular formula is C15H26O4. The van der Waals surface area contributed by atoms with E-state index in [1.807, 2.05) is 20.8 Å². The minimum atomic E-state index is -0.406. The van der Waals surface area contributed by atoms with Crippen molar-refractivity contribution in [3.8, 4) is 0 Å². The lowest BCUT2D eigenvalue weighted by Gasteiger charge is -2.16. The summed E-state index contributed by atoms with van der Waals surface area (Å²) in [5.41, 5.74) is 0.922. The van der Waals surface area contributed by atoms with Crippen LogP contribution in [0, 0.1) is 5.92 Å². The van der Waals surface area contributed by atoms with Gasteiger partial charge in [-0.1, -0.05) is 27.2 Å². The molecule has 0 N–H and O–H groups in total. The van der Waals surface area contributed by atoms with Gasteiger partial charge in [0.2, 0.25) is 0 Å². The lowest BCUT2D eigenvalue weighted by molar-refractivity contribution is -0.142. The molecule has 19 heavy (non-hydrogen) atoms. The van der Waals surface area contributed by atoms with Crippen molar-refractivity contribution in [1.29, 1.82) is 0 Å². The topological polar surface area (TPSA) is 52.6 Å². The second-order valence-electron chi connectivity index (χ2n) is 4.59. The highest BCUT2D eigenvalue weighted by molar-refractivity contribution is 6.00. The van der Waals surface area contributed by atoms with Crippen LogP contribution in [0.15, 0.2) is 11.1 Å². The Labute approximate surface area is 116 Å². The maximum Gasteiger partial charge on any atom is 0.334 e. The van der Waals surface area contributed by atoms with Gasteiger partial charge in [0, 0.05) is 5.57 Å². The Balaban J connectivity index is 5.42. The van der Waals surface area contributed by atoms with E-state index in [4.69, 9.17) is 9.47 Å². The first-order valence-corrected chi connectivity index (χ1v) is 7.06. The van der Waals surface area contributed by atoms with E-state index in [1.54, 1.807) is 13.8 Å². The van der Waals surface area contributed by atoms with Crippen LogP contribution >= 0.6 is 0 Å². The van der Waals surface area contributed by atoms with Gasteiger partial charge in [-0.2, -0.15) is 0 Å². The van der Waals surface area contributed by atoms with Gasteiger partial charge in [0.15, 0.2) is 0 Å². The predicted octanol–water partition coefficient (Wildman–Crippen LogP) is 3.26. The SMILES string of the molecule is CCCC/C(C(=O)OCC)=C(/C(=O)OCC)C(C)C. The summed E-state index contributed by atoms with van der Waals surface area (Å²) in [4.78, 5) is 24.0. The summed E-state index contributed by atoms with van der Waals surface area (Å²) in [6.07, 6.45) is 2.36. The van der Waals surface area contributed by atoms with E-state index in [0.717, 1.165) is 12.8 Å². The molecule has 4 heteroatoms. The standard InChI is InChI=1S/C15H26O4/c1-6-9-10-12(14(16)18-7-2)13(11(4)5)15(17)19-8-3/h11H,6-10H2,1-5H3/b13-12-.